The van der Waals surface area contributed by atoms with E-state index in [2.05, 4.69) is 9.97 Å². The van der Waals surface area contributed by atoms with Crippen LogP contribution in [0.25, 0.3) is 0 Å². The van der Waals surface area contributed by atoms with Crippen molar-refractivity contribution in [2.24, 2.45) is 5.73 Å². The van der Waals surface area contributed by atoms with Gasteiger partial charge in [-0.2, -0.15) is 11.8 Å². The Morgan fingerprint density at radius 2 is 2.25 bits per heavy atom. The van der Waals surface area contributed by atoms with E-state index in [1.165, 1.54) is 18.6 Å². The molecule has 2 unspecified atom stereocenters. The lowest BCUT2D eigenvalue weighted by molar-refractivity contribution is 0.382. The lowest BCUT2D eigenvalue weighted by Gasteiger charge is -2.26. The minimum Gasteiger partial charge on any atom is -0.480 e. The fraction of sp³-hybridized carbons (Fsp3) is 0.636. The molecule has 88 valence electrons. The normalized spacial score (nSPS) is 22.8. The first-order valence-electron chi connectivity index (χ1n) is 5.55. The van der Waals surface area contributed by atoms with Gasteiger partial charge in [-0.3, -0.25) is 4.98 Å². The Labute approximate surface area is 100.0 Å². The van der Waals surface area contributed by atoms with Gasteiger partial charge in [0.1, 0.15) is 5.69 Å². The fourth-order valence-electron chi connectivity index (χ4n) is 1.95. The van der Waals surface area contributed by atoms with Gasteiger partial charge in [-0.25, -0.2) is 4.98 Å². The highest BCUT2D eigenvalue weighted by Gasteiger charge is 2.26. The smallest absolute Gasteiger partial charge is 0.237 e. The molecule has 0 aromatic carbocycles. The summed E-state index contributed by atoms with van der Waals surface area (Å²) in [5.74, 6) is 1.75. The Kier molecular flexibility index (Phi) is 4.01. The topological polar surface area (TPSA) is 61.0 Å². The summed E-state index contributed by atoms with van der Waals surface area (Å²) in [6.07, 6.45) is 7.01. The minimum atomic E-state index is -0.0750. The number of hydrogen-bond donors (Lipinski definition) is 1. The highest BCUT2D eigenvalue weighted by Crippen LogP contribution is 2.34. The van der Waals surface area contributed by atoms with Crippen molar-refractivity contribution >= 4 is 11.8 Å². The van der Waals surface area contributed by atoms with Gasteiger partial charge < -0.3 is 10.5 Å². The van der Waals surface area contributed by atoms with Crippen LogP contribution in [-0.4, -0.2) is 28.1 Å². The van der Waals surface area contributed by atoms with E-state index in [-0.39, 0.29) is 6.04 Å². The zero-order valence-electron chi connectivity index (χ0n) is 9.43. The molecular formula is C11H17N3OS. The van der Waals surface area contributed by atoms with Gasteiger partial charge in [-0.1, -0.05) is 6.42 Å². The van der Waals surface area contributed by atoms with Crippen LogP contribution in [0.3, 0.4) is 0 Å². The van der Waals surface area contributed by atoms with Gasteiger partial charge >= 0.3 is 0 Å². The average Bonchev–Trinajstić information content (AvgIpc) is 2.39. The molecule has 1 aliphatic heterocycles. The van der Waals surface area contributed by atoms with E-state index in [1.54, 1.807) is 19.5 Å². The maximum Gasteiger partial charge on any atom is 0.237 e. The molecule has 0 radical (unpaired) electrons. The minimum absolute atomic E-state index is 0.0750. The molecule has 1 aliphatic rings. The van der Waals surface area contributed by atoms with Crippen molar-refractivity contribution in [2.45, 2.75) is 30.6 Å². The highest BCUT2D eigenvalue weighted by molar-refractivity contribution is 8.00. The van der Waals surface area contributed by atoms with Crippen molar-refractivity contribution in [1.29, 1.82) is 0 Å². The van der Waals surface area contributed by atoms with E-state index < -0.39 is 0 Å². The van der Waals surface area contributed by atoms with E-state index >= 15 is 0 Å². The third-order valence-electron chi connectivity index (χ3n) is 2.82. The highest BCUT2D eigenvalue weighted by atomic mass is 32.2. The number of aromatic nitrogens is 2. The van der Waals surface area contributed by atoms with Crippen molar-refractivity contribution in [3.8, 4) is 5.88 Å². The van der Waals surface area contributed by atoms with E-state index in [0.29, 0.717) is 11.1 Å². The van der Waals surface area contributed by atoms with E-state index in [4.69, 9.17) is 10.5 Å². The predicted molar refractivity (Wildman–Crippen MR) is 65.6 cm³/mol. The Balaban J connectivity index is 2.15. The second-order valence-corrected chi connectivity index (χ2v) is 5.23. The van der Waals surface area contributed by atoms with E-state index in [0.717, 1.165) is 12.1 Å². The van der Waals surface area contributed by atoms with Crippen LogP contribution in [0.5, 0.6) is 5.88 Å². The summed E-state index contributed by atoms with van der Waals surface area (Å²) in [6.45, 7) is 0. The van der Waals surface area contributed by atoms with Crippen LogP contribution < -0.4 is 10.5 Å². The zero-order chi connectivity index (χ0) is 11.4. The Bertz CT molecular complexity index is 342. The number of ether oxygens (including phenoxy) is 1. The Morgan fingerprint density at radius 3 is 2.94 bits per heavy atom. The third kappa shape index (κ3) is 2.47. The summed E-state index contributed by atoms with van der Waals surface area (Å²) in [7, 11) is 1.61. The maximum atomic E-state index is 6.24. The van der Waals surface area contributed by atoms with Crippen LogP contribution in [0.1, 0.15) is 31.0 Å². The summed E-state index contributed by atoms with van der Waals surface area (Å²) in [6, 6.07) is -0.0750. The fourth-order valence-corrected chi connectivity index (χ4v) is 3.29. The molecule has 4 nitrogen and oxygen atoms in total. The number of methoxy groups -OCH3 is 1. The van der Waals surface area contributed by atoms with Gasteiger partial charge in [0.2, 0.25) is 5.88 Å². The largest absolute Gasteiger partial charge is 0.480 e. The number of nitrogens with two attached hydrogens (primary N) is 1. The molecule has 2 heterocycles. The van der Waals surface area contributed by atoms with Crippen LogP contribution in [0.15, 0.2) is 12.4 Å². The Hall–Kier alpha value is -0.810. The summed E-state index contributed by atoms with van der Waals surface area (Å²) in [4.78, 5) is 8.44. The Morgan fingerprint density at radius 1 is 1.44 bits per heavy atom. The SMILES string of the molecule is COc1nccnc1C(N)C1CCCCS1. The molecule has 16 heavy (non-hydrogen) atoms. The van der Waals surface area contributed by atoms with Crippen LogP contribution in [0, 0.1) is 0 Å². The number of nitrogens with zero attached hydrogens (tertiary/aromatic N) is 2. The van der Waals surface area contributed by atoms with Gasteiger partial charge in [-0.15, -0.1) is 0 Å². The molecule has 0 bridgehead atoms. The molecule has 1 aromatic rings. The number of thioether (sulfide) groups is 1. The van der Waals surface area contributed by atoms with Crippen molar-refractivity contribution in [3.63, 3.8) is 0 Å². The monoisotopic (exact) mass is 239 g/mol. The quantitative estimate of drug-likeness (QED) is 0.871. The average molecular weight is 239 g/mol. The van der Waals surface area contributed by atoms with Crippen LogP contribution in [-0.2, 0) is 0 Å². The molecule has 2 rings (SSSR count). The summed E-state index contributed by atoms with van der Waals surface area (Å²) in [5, 5.41) is 0.444. The van der Waals surface area contributed by atoms with Gasteiger partial charge in [0.25, 0.3) is 0 Å². The second-order valence-electron chi connectivity index (χ2n) is 3.88. The van der Waals surface area contributed by atoms with Crippen LogP contribution in [0.2, 0.25) is 0 Å². The number of hydrogen-bond acceptors (Lipinski definition) is 5. The molecule has 0 spiro atoms. The van der Waals surface area contributed by atoms with Crippen molar-refractivity contribution in [3.05, 3.63) is 18.1 Å². The van der Waals surface area contributed by atoms with Crippen molar-refractivity contribution < 1.29 is 4.74 Å². The molecule has 1 aromatic heterocycles. The first-order valence-corrected chi connectivity index (χ1v) is 6.60. The molecule has 2 atom stereocenters. The maximum absolute atomic E-state index is 6.24. The lowest BCUT2D eigenvalue weighted by atomic mass is 10.1. The molecule has 0 saturated carbocycles. The van der Waals surface area contributed by atoms with Gasteiger partial charge in [0, 0.05) is 17.6 Å². The molecule has 1 saturated heterocycles. The molecule has 1 fully saturated rings. The first kappa shape index (κ1) is 11.7. The molecule has 0 aliphatic carbocycles. The van der Waals surface area contributed by atoms with Gasteiger partial charge in [0.05, 0.1) is 13.2 Å². The van der Waals surface area contributed by atoms with Crippen LogP contribution in [0.4, 0.5) is 0 Å². The lowest BCUT2D eigenvalue weighted by Crippen LogP contribution is -2.27. The van der Waals surface area contributed by atoms with E-state index in [1.807, 2.05) is 11.8 Å². The number of rotatable bonds is 3. The summed E-state index contributed by atoms with van der Waals surface area (Å²) in [5.41, 5.74) is 7.02. The van der Waals surface area contributed by atoms with Crippen molar-refractivity contribution in [2.75, 3.05) is 12.9 Å². The molecule has 5 heteroatoms. The third-order valence-corrected chi connectivity index (χ3v) is 4.30. The standard InChI is InChI=1S/C11H17N3OS/c1-15-11-10(13-5-6-14-11)9(12)8-4-2-3-7-16-8/h5-6,8-9H,2-4,7,12H2,1H3. The molecule has 0 amide bonds. The van der Waals surface area contributed by atoms with Crippen LogP contribution >= 0.6 is 11.8 Å². The molecular weight excluding hydrogens is 222 g/mol. The van der Waals surface area contributed by atoms with E-state index in [9.17, 15) is 0 Å². The summed E-state index contributed by atoms with van der Waals surface area (Å²) >= 11 is 1.94. The molecule has 2 N–H and O–H groups in total. The zero-order valence-corrected chi connectivity index (χ0v) is 10.2. The predicted octanol–water partition coefficient (Wildman–Crippen LogP) is 1.77. The summed E-state index contributed by atoms with van der Waals surface area (Å²) < 4.78 is 5.19. The van der Waals surface area contributed by atoms with Gasteiger partial charge in [0.15, 0.2) is 0 Å². The first-order chi connectivity index (χ1) is 7.83. The second kappa shape index (κ2) is 5.50. The van der Waals surface area contributed by atoms with Crippen molar-refractivity contribution in [1.82, 2.24) is 9.97 Å². The van der Waals surface area contributed by atoms with Gasteiger partial charge in [-0.05, 0) is 18.6 Å².